The lowest BCUT2D eigenvalue weighted by atomic mass is 10.1. The van der Waals surface area contributed by atoms with E-state index in [0.29, 0.717) is 23.7 Å². The van der Waals surface area contributed by atoms with E-state index in [1.54, 1.807) is 30.3 Å². The summed E-state index contributed by atoms with van der Waals surface area (Å²) in [4.78, 5) is 23.9. The number of ether oxygens (including phenoxy) is 2. The summed E-state index contributed by atoms with van der Waals surface area (Å²) in [5.74, 6) is -0.931. The molecular weight excluding hydrogens is 408 g/mol. The number of hydrogen-bond acceptors (Lipinski definition) is 5. The lowest BCUT2D eigenvalue weighted by molar-refractivity contribution is -0.112. The summed E-state index contributed by atoms with van der Waals surface area (Å²) in [6.07, 6.45) is 1.39. The summed E-state index contributed by atoms with van der Waals surface area (Å²) in [5, 5.41) is 21.2. The molecule has 7 heteroatoms. The van der Waals surface area contributed by atoms with Crippen LogP contribution >= 0.6 is 0 Å². The number of aromatic carboxylic acids is 1. The standard InChI is InChI=1S/C25H20N2O5/c1-31-23-14-18(11-12-22(23)32-16-17-7-3-2-4-8-17)13-19(15-26)24(28)27-21-10-6-5-9-20(21)25(29)30/h2-14H,16H2,1H3,(H,27,28)(H,29,30)/b19-13+. The first-order valence-electron chi connectivity index (χ1n) is 9.62. The van der Waals surface area contributed by atoms with E-state index in [4.69, 9.17) is 9.47 Å². The summed E-state index contributed by atoms with van der Waals surface area (Å²) < 4.78 is 11.2. The van der Waals surface area contributed by atoms with Crippen LogP contribution in [0.25, 0.3) is 6.08 Å². The zero-order chi connectivity index (χ0) is 22.9. The largest absolute Gasteiger partial charge is 0.493 e. The lowest BCUT2D eigenvalue weighted by Gasteiger charge is -2.12. The Morgan fingerprint density at radius 1 is 1.03 bits per heavy atom. The zero-order valence-corrected chi connectivity index (χ0v) is 17.2. The summed E-state index contributed by atoms with van der Waals surface area (Å²) in [6, 6.07) is 22.5. The Balaban J connectivity index is 1.78. The molecule has 32 heavy (non-hydrogen) atoms. The topological polar surface area (TPSA) is 109 Å². The van der Waals surface area contributed by atoms with Crippen molar-refractivity contribution in [2.75, 3.05) is 12.4 Å². The number of anilines is 1. The maximum atomic E-state index is 12.6. The Bertz CT molecular complexity index is 1200. The molecule has 3 aromatic carbocycles. The van der Waals surface area contributed by atoms with Gasteiger partial charge in [-0.25, -0.2) is 4.79 Å². The normalized spacial score (nSPS) is 10.7. The number of carbonyl (C=O) groups excluding carboxylic acids is 1. The van der Waals surface area contributed by atoms with Gasteiger partial charge in [-0.2, -0.15) is 5.26 Å². The first kappa shape index (κ1) is 22.1. The Kier molecular flexibility index (Phi) is 7.23. The van der Waals surface area contributed by atoms with Gasteiger partial charge in [-0.15, -0.1) is 0 Å². The molecule has 0 atom stereocenters. The number of para-hydroxylation sites is 1. The minimum absolute atomic E-state index is 0.0697. The second-order valence-electron chi connectivity index (χ2n) is 6.66. The first-order chi connectivity index (χ1) is 15.5. The van der Waals surface area contributed by atoms with Crippen molar-refractivity contribution in [3.05, 3.63) is 95.1 Å². The fraction of sp³-hybridized carbons (Fsp3) is 0.0800. The third-order valence-corrected chi connectivity index (χ3v) is 4.51. The number of nitrogens with zero attached hydrogens (tertiary/aromatic N) is 1. The average molecular weight is 428 g/mol. The predicted molar refractivity (Wildman–Crippen MR) is 119 cm³/mol. The van der Waals surface area contributed by atoms with Crippen LogP contribution in [-0.4, -0.2) is 24.1 Å². The Morgan fingerprint density at radius 2 is 1.75 bits per heavy atom. The van der Waals surface area contributed by atoms with Crippen molar-refractivity contribution < 1.29 is 24.2 Å². The molecule has 0 aliphatic rings. The number of carboxylic acid groups (broad SMARTS) is 1. The molecule has 1 amide bonds. The van der Waals surface area contributed by atoms with Crippen LogP contribution in [0.5, 0.6) is 11.5 Å². The van der Waals surface area contributed by atoms with Gasteiger partial charge < -0.3 is 19.9 Å². The van der Waals surface area contributed by atoms with Gasteiger partial charge in [-0.3, -0.25) is 4.79 Å². The second kappa shape index (κ2) is 10.5. The van der Waals surface area contributed by atoms with Crippen LogP contribution in [-0.2, 0) is 11.4 Å². The number of nitriles is 1. The van der Waals surface area contributed by atoms with E-state index < -0.39 is 11.9 Å². The number of amides is 1. The van der Waals surface area contributed by atoms with Gasteiger partial charge in [0.05, 0.1) is 18.4 Å². The minimum Gasteiger partial charge on any atom is -0.493 e. The molecule has 3 rings (SSSR count). The minimum atomic E-state index is -1.18. The number of hydrogen-bond donors (Lipinski definition) is 2. The number of carbonyl (C=O) groups is 2. The molecule has 0 aromatic heterocycles. The third-order valence-electron chi connectivity index (χ3n) is 4.51. The van der Waals surface area contributed by atoms with E-state index in [-0.39, 0.29) is 16.8 Å². The maximum absolute atomic E-state index is 12.6. The first-order valence-corrected chi connectivity index (χ1v) is 9.62. The van der Waals surface area contributed by atoms with Gasteiger partial charge in [0.25, 0.3) is 5.91 Å². The Morgan fingerprint density at radius 3 is 2.44 bits per heavy atom. The molecule has 7 nitrogen and oxygen atoms in total. The molecule has 0 radical (unpaired) electrons. The van der Waals surface area contributed by atoms with E-state index in [1.165, 1.54) is 25.3 Å². The summed E-state index contributed by atoms with van der Waals surface area (Å²) >= 11 is 0. The molecule has 0 aliphatic carbocycles. The van der Waals surface area contributed by atoms with Crippen LogP contribution in [0.2, 0.25) is 0 Å². The molecule has 0 saturated carbocycles. The van der Waals surface area contributed by atoms with Gasteiger partial charge in [-0.05, 0) is 41.5 Å². The second-order valence-corrected chi connectivity index (χ2v) is 6.66. The molecule has 0 bridgehead atoms. The van der Waals surface area contributed by atoms with Crippen LogP contribution in [0.4, 0.5) is 5.69 Å². The van der Waals surface area contributed by atoms with E-state index in [0.717, 1.165) is 5.56 Å². The van der Waals surface area contributed by atoms with Crippen LogP contribution in [0.15, 0.2) is 78.4 Å². The lowest BCUT2D eigenvalue weighted by Crippen LogP contribution is -2.16. The van der Waals surface area contributed by atoms with Crippen molar-refractivity contribution in [2.24, 2.45) is 0 Å². The molecule has 3 aromatic rings. The third kappa shape index (κ3) is 5.52. The fourth-order valence-electron chi connectivity index (χ4n) is 2.91. The molecule has 0 unspecified atom stereocenters. The van der Waals surface area contributed by atoms with E-state index in [2.05, 4.69) is 5.32 Å². The highest BCUT2D eigenvalue weighted by atomic mass is 16.5. The quantitative estimate of drug-likeness (QED) is 0.403. The van der Waals surface area contributed by atoms with Crippen LogP contribution in [0.3, 0.4) is 0 Å². The van der Waals surface area contributed by atoms with Crippen molar-refractivity contribution >= 4 is 23.6 Å². The zero-order valence-electron chi connectivity index (χ0n) is 17.2. The number of rotatable bonds is 8. The van der Waals surface area contributed by atoms with Crippen molar-refractivity contribution in [3.8, 4) is 17.6 Å². The highest BCUT2D eigenvalue weighted by Gasteiger charge is 2.15. The van der Waals surface area contributed by atoms with Crippen molar-refractivity contribution in [1.82, 2.24) is 0 Å². The summed E-state index contributed by atoms with van der Waals surface area (Å²) in [7, 11) is 1.50. The molecule has 0 spiro atoms. The van der Waals surface area contributed by atoms with Crippen LogP contribution in [0.1, 0.15) is 21.5 Å². The van der Waals surface area contributed by atoms with Crippen molar-refractivity contribution in [3.63, 3.8) is 0 Å². The average Bonchev–Trinajstić information content (AvgIpc) is 2.82. The molecule has 0 saturated heterocycles. The molecule has 0 fully saturated rings. The van der Waals surface area contributed by atoms with Crippen molar-refractivity contribution in [2.45, 2.75) is 6.61 Å². The fourth-order valence-corrected chi connectivity index (χ4v) is 2.91. The van der Waals surface area contributed by atoms with Crippen LogP contribution in [0, 0.1) is 11.3 Å². The SMILES string of the molecule is COc1cc(/C=C(\C#N)C(=O)Nc2ccccc2C(=O)O)ccc1OCc1ccccc1. The molecule has 0 heterocycles. The van der Waals surface area contributed by atoms with Crippen LogP contribution < -0.4 is 14.8 Å². The number of nitrogens with one attached hydrogen (secondary N) is 1. The number of methoxy groups -OCH3 is 1. The molecule has 2 N–H and O–H groups in total. The molecule has 0 aliphatic heterocycles. The smallest absolute Gasteiger partial charge is 0.337 e. The highest BCUT2D eigenvalue weighted by molar-refractivity contribution is 6.11. The molecule has 160 valence electrons. The predicted octanol–water partition coefficient (Wildman–Crippen LogP) is 4.52. The summed E-state index contributed by atoms with van der Waals surface area (Å²) in [5.41, 5.74) is 1.40. The highest BCUT2D eigenvalue weighted by Crippen LogP contribution is 2.30. The molecular formula is C25H20N2O5. The monoisotopic (exact) mass is 428 g/mol. The van der Waals surface area contributed by atoms with E-state index >= 15 is 0 Å². The Hall–Kier alpha value is -4.57. The van der Waals surface area contributed by atoms with E-state index in [1.807, 2.05) is 36.4 Å². The Labute approximate surface area is 185 Å². The summed E-state index contributed by atoms with van der Waals surface area (Å²) in [6.45, 7) is 0.362. The van der Waals surface area contributed by atoms with Gasteiger partial charge in [0.2, 0.25) is 0 Å². The van der Waals surface area contributed by atoms with Crippen molar-refractivity contribution in [1.29, 1.82) is 5.26 Å². The maximum Gasteiger partial charge on any atom is 0.337 e. The van der Waals surface area contributed by atoms with Gasteiger partial charge in [0, 0.05) is 0 Å². The van der Waals surface area contributed by atoms with Gasteiger partial charge in [0.15, 0.2) is 11.5 Å². The van der Waals surface area contributed by atoms with Gasteiger partial charge in [-0.1, -0.05) is 48.5 Å². The van der Waals surface area contributed by atoms with E-state index in [9.17, 15) is 20.0 Å². The van der Waals surface area contributed by atoms with Gasteiger partial charge in [0.1, 0.15) is 18.2 Å². The number of carboxylic acids is 1. The van der Waals surface area contributed by atoms with Gasteiger partial charge >= 0.3 is 5.97 Å². The number of benzene rings is 3.